The second-order valence-corrected chi connectivity index (χ2v) is 5.62. The highest BCUT2D eigenvalue weighted by Crippen LogP contribution is 2.24. The molecular weight excluding hydrogens is 292 g/mol. The SMILES string of the molecule is CN1CCN(C(=O)c2ccc(Cl)o2)C[C@@H]1c1nccn1C. The number of nitrogens with zero attached hydrogens (tertiary/aromatic N) is 4. The van der Waals surface area contributed by atoms with Crippen molar-refractivity contribution in [2.75, 3.05) is 26.7 Å². The fourth-order valence-electron chi connectivity index (χ4n) is 2.62. The van der Waals surface area contributed by atoms with Gasteiger partial charge in [-0.15, -0.1) is 0 Å². The Bertz CT molecular complexity index is 651. The summed E-state index contributed by atoms with van der Waals surface area (Å²) in [7, 11) is 4.01. The number of furan rings is 1. The number of amides is 1. The van der Waals surface area contributed by atoms with Crippen LogP contribution < -0.4 is 0 Å². The molecule has 0 saturated carbocycles. The molecule has 0 spiro atoms. The van der Waals surface area contributed by atoms with Gasteiger partial charge in [-0.2, -0.15) is 0 Å². The molecule has 3 heterocycles. The van der Waals surface area contributed by atoms with Crippen LogP contribution in [0.15, 0.2) is 28.9 Å². The van der Waals surface area contributed by atoms with E-state index in [1.165, 1.54) is 0 Å². The number of aromatic nitrogens is 2. The Morgan fingerprint density at radius 3 is 2.81 bits per heavy atom. The third-order valence-corrected chi connectivity index (χ3v) is 4.08. The van der Waals surface area contributed by atoms with E-state index < -0.39 is 0 Å². The maximum absolute atomic E-state index is 12.4. The molecule has 1 aliphatic heterocycles. The van der Waals surface area contributed by atoms with Gasteiger partial charge in [0.15, 0.2) is 11.0 Å². The summed E-state index contributed by atoms with van der Waals surface area (Å²) in [6.07, 6.45) is 3.69. The van der Waals surface area contributed by atoms with Gasteiger partial charge in [0.2, 0.25) is 0 Å². The highest BCUT2D eigenvalue weighted by molar-refractivity contribution is 6.29. The van der Waals surface area contributed by atoms with Crippen molar-refractivity contribution in [3.05, 3.63) is 41.3 Å². The molecule has 3 rings (SSSR count). The number of halogens is 1. The number of hydrogen-bond acceptors (Lipinski definition) is 4. The summed E-state index contributed by atoms with van der Waals surface area (Å²) in [4.78, 5) is 20.8. The van der Waals surface area contributed by atoms with Crippen LogP contribution in [0.2, 0.25) is 5.22 Å². The van der Waals surface area contributed by atoms with Crippen molar-refractivity contribution in [1.82, 2.24) is 19.4 Å². The number of aryl methyl sites for hydroxylation is 1. The van der Waals surface area contributed by atoms with E-state index in [-0.39, 0.29) is 22.9 Å². The van der Waals surface area contributed by atoms with Crippen LogP contribution in [0.4, 0.5) is 0 Å². The Morgan fingerprint density at radius 1 is 1.38 bits per heavy atom. The van der Waals surface area contributed by atoms with Crippen molar-refractivity contribution in [2.45, 2.75) is 6.04 Å². The van der Waals surface area contributed by atoms with Gasteiger partial charge in [0, 0.05) is 39.1 Å². The first-order valence-electron chi connectivity index (χ1n) is 6.78. The molecule has 112 valence electrons. The van der Waals surface area contributed by atoms with Gasteiger partial charge in [0.1, 0.15) is 5.82 Å². The highest BCUT2D eigenvalue weighted by Gasteiger charge is 2.32. The Hall–Kier alpha value is -1.79. The third-order valence-electron chi connectivity index (χ3n) is 3.88. The zero-order valence-electron chi connectivity index (χ0n) is 12.0. The lowest BCUT2D eigenvalue weighted by Gasteiger charge is -2.38. The van der Waals surface area contributed by atoms with Crippen LogP contribution in [-0.4, -0.2) is 51.9 Å². The quantitative estimate of drug-likeness (QED) is 0.849. The summed E-state index contributed by atoms with van der Waals surface area (Å²) < 4.78 is 7.20. The van der Waals surface area contributed by atoms with Crippen molar-refractivity contribution in [3.63, 3.8) is 0 Å². The molecule has 0 aliphatic carbocycles. The minimum Gasteiger partial charge on any atom is -0.440 e. The van der Waals surface area contributed by atoms with E-state index in [4.69, 9.17) is 16.0 Å². The van der Waals surface area contributed by atoms with E-state index >= 15 is 0 Å². The second-order valence-electron chi connectivity index (χ2n) is 5.25. The first kappa shape index (κ1) is 14.2. The summed E-state index contributed by atoms with van der Waals surface area (Å²) in [6, 6.07) is 3.27. The zero-order chi connectivity index (χ0) is 15.0. The van der Waals surface area contributed by atoms with Crippen LogP contribution in [0.3, 0.4) is 0 Å². The molecule has 2 aromatic rings. The average molecular weight is 309 g/mol. The molecule has 0 bridgehead atoms. The summed E-state index contributed by atoms with van der Waals surface area (Å²) in [5.74, 6) is 1.10. The summed E-state index contributed by atoms with van der Waals surface area (Å²) in [5, 5.41) is 0.230. The predicted molar refractivity (Wildman–Crippen MR) is 78.2 cm³/mol. The van der Waals surface area contributed by atoms with E-state index in [0.29, 0.717) is 13.1 Å². The molecule has 1 aliphatic rings. The van der Waals surface area contributed by atoms with Crippen LogP contribution in [0.5, 0.6) is 0 Å². The fourth-order valence-corrected chi connectivity index (χ4v) is 2.77. The Morgan fingerprint density at radius 2 is 2.19 bits per heavy atom. The van der Waals surface area contributed by atoms with Gasteiger partial charge >= 0.3 is 0 Å². The van der Waals surface area contributed by atoms with Crippen molar-refractivity contribution < 1.29 is 9.21 Å². The number of rotatable bonds is 2. The molecule has 0 radical (unpaired) electrons. The highest BCUT2D eigenvalue weighted by atomic mass is 35.5. The Kier molecular flexibility index (Phi) is 3.73. The van der Waals surface area contributed by atoms with Gasteiger partial charge in [-0.05, 0) is 30.8 Å². The maximum Gasteiger partial charge on any atom is 0.289 e. The molecule has 0 unspecified atom stereocenters. The van der Waals surface area contributed by atoms with Gasteiger partial charge < -0.3 is 13.9 Å². The van der Waals surface area contributed by atoms with Crippen molar-refractivity contribution in [3.8, 4) is 0 Å². The summed E-state index contributed by atoms with van der Waals surface area (Å²) in [6.45, 7) is 2.03. The van der Waals surface area contributed by atoms with Gasteiger partial charge in [0.05, 0.1) is 6.04 Å². The number of imidazole rings is 1. The molecule has 2 aromatic heterocycles. The minimum atomic E-state index is -0.130. The van der Waals surface area contributed by atoms with E-state index in [0.717, 1.165) is 12.4 Å². The Labute approximate surface area is 127 Å². The molecule has 1 fully saturated rings. The number of carbonyl (C=O) groups excluding carboxylic acids is 1. The van der Waals surface area contributed by atoms with Gasteiger partial charge in [0.25, 0.3) is 5.91 Å². The van der Waals surface area contributed by atoms with Crippen molar-refractivity contribution in [1.29, 1.82) is 0 Å². The maximum atomic E-state index is 12.4. The van der Waals surface area contributed by atoms with E-state index in [1.54, 1.807) is 23.2 Å². The van der Waals surface area contributed by atoms with E-state index in [9.17, 15) is 4.79 Å². The van der Waals surface area contributed by atoms with Crippen LogP contribution in [0, 0.1) is 0 Å². The lowest BCUT2D eigenvalue weighted by Crippen LogP contribution is -2.49. The molecule has 6 nitrogen and oxygen atoms in total. The molecule has 1 saturated heterocycles. The molecule has 1 amide bonds. The number of likely N-dealkylation sites (N-methyl/N-ethyl adjacent to an activating group) is 1. The van der Waals surface area contributed by atoms with Crippen molar-refractivity contribution in [2.24, 2.45) is 7.05 Å². The molecule has 0 N–H and O–H groups in total. The lowest BCUT2D eigenvalue weighted by molar-refractivity contribution is 0.0500. The third kappa shape index (κ3) is 2.69. The standard InChI is InChI=1S/C14H17ClN4O2/c1-17-7-8-19(14(20)11-3-4-12(15)21-11)9-10(17)13-16-5-6-18(13)2/h3-6,10H,7-9H2,1-2H3/t10-/m1/s1. The number of carbonyl (C=O) groups is 1. The first-order valence-corrected chi connectivity index (χ1v) is 7.16. The number of piperazine rings is 1. The van der Waals surface area contributed by atoms with E-state index in [1.807, 2.05) is 24.9 Å². The summed E-state index contributed by atoms with van der Waals surface area (Å²) >= 11 is 5.74. The average Bonchev–Trinajstić information content (AvgIpc) is 3.07. The number of hydrogen-bond donors (Lipinski definition) is 0. The zero-order valence-corrected chi connectivity index (χ0v) is 12.7. The van der Waals surface area contributed by atoms with E-state index in [2.05, 4.69) is 9.88 Å². The predicted octanol–water partition coefficient (Wildman–Crippen LogP) is 1.80. The Balaban J connectivity index is 1.80. The van der Waals surface area contributed by atoms with Gasteiger partial charge in [-0.25, -0.2) is 4.98 Å². The van der Waals surface area contributed by atoms with Crippen LogP contribution in [-0.2, 0) is 7.05 Å². The van der Waals surface area contributed by atoms with Gasteiger partial charge in [-0.1, -0.05) is 0 Å². The first-order chi connectivity index (χ1) is 10.1. The smallest absolute Gasteiger partial charge is 0.289 e. The minimum absolute atomic E-state index is 0.0770. The topological polar surface area (TPSA) is 54.5 Å². The van der Waals surface area contributed by atoms with Crippen LogP contribution in [0.25, 0.3) is 0 Å². The van der Waals surface area contributed by atoms with Crippen LogP contribution in [0.1, 0.15) is 22.4 Å². The molecule has 7 heteroatoms. The largest absolute Gasteiger partial charge is 0.440 e. The molecule has 21 heavy (non-hydrogen) atoms. The molecule has 1 atom stereocenters. The second kappa shape index (κ2) is 5.54. The molecule has 0 aromatic carbocycles. The fraction of sp³-hybridized carbons (Fsp3) is 0.429. The normalized spacial score (nSPS) is 20.0. The van der Waals surface area contributed by atoms with Crippen molar-refractivity contribution >= 4 is 17.5 Å². The molecular formula is C14H17ClN4O2. The van der Waals surface area contributed by atoms with Crippen LogP contribution >= 0.6 is 11.6 Å². The monoisotopic (exact) mass is 308 g/mol. The summed E-state index contributed by atoms with van der Waals surface area (Å²) in [5.41, 5.74) is 0. The lowest BCUT2D eigenvalue weighted by atomic mass is 10.1. The van der Waals surface area contributed by atoms with Gasteiger partial charge in [-0.3, -0.25) is 9.69 Å².